The van der Waals surface area contributed by atoms with Crippen LogP contribution in [0.3, 0.4) is 0 Å². The zero-order chi connectivity index (χ0) is 9.42. The van der Waals surface area contributed by atoms with E-state index in [1.165, 1.54) is 0 Å². The molecule has 0 aliphatic rings. The van der Waals surface area contributed by atoms with Gasteiger partial charge in [-0.05, 0) is 18.2 Å². The van der Waals surface area contributed by atoms with E-state index in [4.69, 9.17) is 16.7 Å². The maximum atomic E-state index is 10.6. The Morgan fingerprint density at radius 1 is 1.50 bits per heavy atom. The number of halogens is 1. The average molecular weight is 238 g/mol. The molecule has 1 heterocycles. The van der Waals surface area contributed by atoms with Crippen molar-refractivity contribution < 1.29 is 9.90 Å². The van der Waals surface area contributed by atoms with Gasteiger partial charge in [0.15, 0.2) is 0 Å². The molecule has 0 spiro atoms. The molecule has 0 aliphatic heterocycles. The Kier molecular flexibility index (Phi) is 3.92. The number of carboxylic acid groups (broad SMARTS) is 1. The third kappa shape index (κ3) is 2.27. The number of benzene rings is 1. The molecule has 0 saturated carbocycles. The third-order valence-electron chi connectivity index (χ3n) is 1.53. The summed E-state index contributed by atoms with van der Waals surface area (Å²) >= 11 is 6.87. The first-order chi connectivity index (χ1) is 6.16. The van der Waals surface area contributed by atoms with Crippen molar-refractivity contribution in [3.05, 3.63) is 28.2 Å². The maximum absolute atomic E-state index is 10.6. The Labute approximate surface area is 111 Å². The molecule has 14 heavy (non-hydrogen) atoms. The van der Waals surface area contributed by atoms with Gasteiger partial charge in [-0.15, -0.1) is 11.3 Å². The summed E-state index contributed by atoms with van der Waals surface area (Å²) in [6.45, 7) is 0. The molecule has 0 fully saturated rings. The van der Waals surface area contributed by atoms with Crippen LogP contribution in [0.4, 0.5) is 0 Å². The Balaban J connectivity index is 0.000000980. The number of aromatic nitrogens is 1. The standard InChI is InChI=1S/C8H4ClNO2S.Na.H/c9-4-1-2-6-5(3-4)10-7(13-6)8(11)12;;/h1-3H,(H,11,12);;. The van der Waals surface area contributed by atoms with Crippen LogP contribution in [0.2, 0.25) is 5.02 Å². The molecule has 3 nitrogen and oxygen atoms in total. The van der Waals surface area contributed by atoms with E-state index in [0.717, 1.165) is 16.0 Å². The van der Waals surface area contributed by atoms with Gasteiger partial charge in [-0.25, -0.2) is 9.78 Å². The number of hydrogen-bond donors (Lipinski definition) is 1. The molecule has 0 bridgehead atoms. The number of rotatable bonds is 1. The van der Waals surface area contributed by atoms with Crippen LogP contribution in [-0.2, 0) is 0 Å². The van der Waals surface area contributed by atoms with Gasteiger partial charge in [-0.2, -0.15) is 0 Å². The van der Waals surface area contributed by atoms with Gasteiger partial charge >= 0.3 is 35.5 Å². The van der Waals surface area contributed by atoms with Crippen LogP contribution in [0.25, 0.3) is 10.2 Å². The molecule has 0 aliphatic carbocycles. The fraction of sp³-hybridized carbons (Fsp3) is 0. The molecule has 68 valence electrons. The minimum absolute atomic E-state index is 0. The van der Waals surface area contributed by atoms with Crippen molar-refractivity contribution in [3.8, 4) is 0 Å². The zero-order valence-corrected chi connectivity index (χ0v) is 7.89. The van der Waals surface area contributed by atoms with E-state index >= 15 is 0 Å². The second kappa shape index (κ2) is 4.59. The van der Waals surface area contributed by atoms with Gasteiger partial charge in [-0.3, -0.25) is 0 Å². The first-order valence-electron chi connectivity index (χ1n) is 3.46. The van der Waals surface area contributed by atoms with Gasteiger partial charge in [0.2, 0.25) is 5.01 Å². The van der Waals surface area contributed by atoms with Gasteiger partial charge in [0.25, 0.3) is 0 Å². The minimum atomic E-state index is -1.00. The monoisotopic (exact) mass is 237 g/mol. The molecule has 0 atom stereocenters. The van der Waals surface area contributed by atoms with Crippen LogP contribution >= 0.6 is 22.9 Å². The van der Waals surface area contributed by atoms with E-state index in [-0.39, 0.29) is 34.6 Å². The summed E-state index contributed by atoms with van der Waals surface area (Å²) in [5, 5.41) is 9.33. The third-order valence-corrected chi connectivity index (χ3v) is 2.79. The Morgan fingerprint density at radius 3 is 2.86 bits per heavy atom. The van der Waals surface area contributed by atoms with Crippen LogP contribution in [0.15, 0.2) is 18.2 Å². The summed E-state index contributed by atoms with van der Waals surface area (Å²) in [6.07, 6.45) is 0. The van der Waals surface area contributed by atoms with Crippen molar-refractivity contribution in [2.24, 2.45) is 0 Å². The molecule has 0 amide bonds. The summed E-state index contributed by atoms with van der Waals surface area (Å²) in [5.41, 5.74) is 0.634. The summed E-state index contributed by atoms with van der Waals surface area (Å²) in [5.74, 6) is -1.00. The van der Waals surface area contributed by atoms with Gasteiger partial charge in [0, 0.05) is 5.02 Å². The molecule has 0 radical (unpaired) electrons. The average Bonchev–Trinajstić information content (AvgIpc) is 2.46. The molecular formula is C8H5ClNNaO2S. The molecule has 1 N–H and O–H groups in total. The summed E-state index contributed by atoms with van der Waals surface area (Å²) in [4.78, 5) is 14.5. The quantitative estimate of drug-likeness (QED) is 0.772. The van der Waals surface area contributed by atoms with Crippen LogP contribution in [0.5, 0.6) is 0 Å². The fourth-order valence-corrected chi connectivity index (χ4v) is 1.94. The Morgan fingerprint density at radius 2 is 2.21 bits per heavy atom. The molecule has 0 saturated heterocycles. The van der Waals surface area contributed by atoms with E-state index in [9.17, 15) is 4.79 Å². The molecular weight excluding hydrogens is 233 g/mol. The van der Waals surface area contributed by atoms with Gasteiger partial charge in [0.05, 0.1) is 10.2 Å². The Bertz CT molecular complexity index is 485. The fourth-order valence-electron chi connectivity index (χ4n) is 0.992. The van der Waals surface area contributed by atoms with Crippen molar-refractivity contribution in [3.63, 3.8) is 0 Å². The van der Waals surface area contributed by atoms with Crippen molar-refractivity contribution in [2.45, 2.75) is 0 Å². The number of carbonyl (C=O) groups is 1. The second-order valence-electron chi connectivity index (χ2n) is 2.44. The number of nitrogens with zero attached hydrogens (tertiary/aromatic N) is 1. The molecule has 2 rings (SSSR count). The molecule has 1 aromatic carbocycles. The van der Waals surface area contributed by atoms with Crippen molar-refractivity contribution in [1.29, 1.82) is 0 Å². The predicted molar refractivity (Wildman–Crippen MR) is 58.7 cm³/mol. The second-order valence-corrected chi connectivity index (χ2v) is 3.90. The normalized spacial score (nSPS) is 9.79. The first kappa shape index (κ1) is 11.9. The number of aromatic carboxylic acids is 1. The number of fused-ring (bicyclic) bond motifs is 1. The van der Waals surface area contributed by atoms with E-state index in [0.29, 0.717) is 10.5 Å². The van der Waals surface area contributed by atoms with Gasteiger partial charge < -0.3 is 5.11 Å². The van der Waals surface area contributed by atoms with E-state index in [1.54, 1.807) is 18.2 Å². The first-order valence-corrected chi connectivity index (χ1v) is 4.65. The zero-order valence-electron chi connectivity index (χ0n) is 6.32. The van der Waals surface area contributed by atoms with Crippen molar-refractivity contribution in [2.75, 3.05) is 0 Å². The number of thiazole rings is 1. The van der Waals surface area contributed by atoms with E-state index < -0.39 is 5.97 Å². The van der Waals surface area contributed by atoms with Crippen LogP contribution in [0, 0.1) is 0 Å². The summed E-state index contributed by atoms with van der Waals surface area (Å²) in [6, 6.07) is 5.13. The molecule has 0 unspecified atom stereocenters. The molecule has 6 heteroatoms. The Hall–Kier alpha value is -0.130. The van der Waals surface area contributed by atoms with Crippen LogP contribution in [-0.4, -0.2) is 45.6 Å². The van der Waals surface area contributed by atoms with Gasteiger partial charge in [-0.1, -0.05) is 11.6 Å². The van der Waals surface area contributed by atoms with E-state index in [2.05, 4.69) is 4.98 Å². The SMILES string of the molecule is O=C(O)c1nc2cc(Cl)ccc2s1.[NaH]. The number of carboxylic acids is 1. The summed E-state index contributed by atoms with van der Waals surface area (Å²) in [7, 11) is 0. The number of hydrogen-bond acceptors (Lipinski definition) is 3. The van der Waals surface area contributed by atoms with Gasteiger partial charge in [0.1, 0.15) is 0 Å². The van der Waals surface area contributed by atoms with Crippen molar-refractivity contribution >= 4 is 68.7 Å². The predicted octanol–water partition coefficient (Wildman–Crippen LogP) is 2.00. The summed E-state index contributed by atoms with van der Waals surface area (Å²) < 4.78 is 0.835. The van der Waals surface area contributed by atoms with E-state index in [1.807, 2.05) is 0 Å². The van der Waals surface area contributed by atoms with Crippen molar-refractivity contribution in [1.82, 2.24) is 4.98 Å². The molecule has 1 aromatic heterocycles. The van der Waals surface area contributed by atoms with Crippen LogP contribution < -0.4 is 0 Å². The molecule has 2 aromatic rings. The topological polar surface area (TPSA) is 50.2 Å². The van der Waals surface area contributed by atoms with Crippen LogP contribution in [0.1, 0.15) is 9.80 Å².